The number of methoxy groups -OCH3 is 3. The second-order valence-electron chi connectivity index (χ2n) is 9.25. The van der Waals surface area contributed by atoms with Crippen molar-refractivity contribution in [2.75, 3.05) is 65.5 Å². The van der Waals surface area contributed by atoms with Gasteiger partial charge >= 0.3 is 5.63 Å². The lowest BCUT2D eigenvalue weighted by atomic mass is 10.1. The van der Waals surface area contributed by atoms with Gasteiger partial charge in [0, 0.05) is 62.5 Å². The summed E-state index contributed by atoms with van der Waals surface area (Å²) >= 11 is 0. The Hall–Kier alpha value is -4.47. The van der Waals surface area contributed by atoms with Crippen LogP contribution in [0.3, 0.4) is 0 Å². The molecule has 212 valence electrons. The molecule has 0 N–H and O–H groups in total. The third-order valence-corrected chi connectivity index (χ3v) is 7.06. The molecule has 1 saturated heterocycles. The minimum atomic E-state index is -0.666. The molecule has 10 heteroatoms. The quantitative estimate of drug-likeness (QED) is 0.294. The molecule has 0 aliphatic carbocycles. The van der Waals surface area contributed by atoms with Crippen molar-refractivity contribution in [3.63, 3.8) is 0 Å². The Kier molecular flexibility index (Phi) is 8.98. The average Bonchev–Trinajstić information content (AvgIpc) is 2.99. The molecule has 0 radical (unpaired) electrons. The van der Waals surface area contributed by atoms with Crippen LogP contribution in [0.2, 0.25) is 0 Å². The molecule has 1 aliphatic rings. The summed E-state index contributed by atoms with van der Waals surface area (Å²) in [6.07, 6.45) is 3.15. The van der Waals surface area contributed by atoms with Crippen molar-refractivity contribution in [1.29, 1.82) is 0 Å². The van der Waals surface area contributed by atoms with Crippen molar-refractivity contribution < 1.29 is 28.2 Å². The molecule has 1 aliphatic heterocycles. The molecule has 0 saturated carbocycles. The van der Waals surface area contributed by atoms with Crippen molar-refractivity contribution in [2.45, 2.75) is 13.8 Å². The SMILES string of the molecule is CCN(CC)c1ccc2cc(C(=O)N3CCN(C(=O)/C=C/c4cc(OC)c(OC)c(OC)c4)CC3)c(=O)oc2c1. The van der Waals surface area contributed by atoms with Crippen LogP contribution in [0.5, 0.6) is 17.2 Å². The van der Waals surface area contributed by atoms with Crippen molar-refractivity contribution >= 4 is 34.5 Å². The lowest BCUT2D eigenvalue weighted by molar-refractivity contribution is -0.127. The highest BCUT2D eigenvalue weighted by Crippen LogP contribution is 2.38. The number of piperazine rings is 1. The molecule has 0 spiro atoms. The Morgan fingerprint density at radius 1 is 0.900 bits per heavy atom. The van der Waals surface area contributed by atoms with Gasteiger partial charge in [0.1, 0.15) is 11.1 Å². The Morgan fingerprint density at radius 3 is 2.10 bits per heavy atom. The Bertz CT molecular complexity index is 1440. The summed E-state index contributed by atoms with van der Waals surface area (Å²) in [7, 11) is 4.59. The zero-order valence-electron chi connectivity index (χ0n) is 23.6. The van der Waals surface area contributed by atoms with Crippen LogP contribution < -0.4 is 24.7 Å². The maximum absolute atomic E-state index is 13.2. The summed E-state index contributed by atoms with van der Waals surface area (Å²) < 4.78 is 21.6. The molecule has 40 heavy (non-hydrogen) atoms. The van der Waals surface area contributed by atoms with Gasteiger partial charge in [0.15, 0.2) is 11.5 Å². The number of nitrogens with zero attached hydrogens (tertiary/aromatic N) is 3. The minimum Gasteiger partial charge on any atom is -0.493 e. The Labute approximate surface area is 233 Å². The number of hydrogen-bond donors (Lipinski definition) is 0. The van der Waals surface area contributed by atoms with E-state index in [0.717, 1.165) is 18.8 Å². The van der Waals surface area contributed by atoms with Crippen LogP contribution in [0.4, 0.5) is 5.69 Å². The normalized spacial score (nSPS) is 13.5. The van der Waals surface area contributed by atoms with Gasteiger partial charge in [0.25, 0.3) is 5.91 Å². The number of rotatable bonds is 9. The van der Waals surface area contributed by atoms with E-state index in [9.17, 15) is 14.4 Å². The molecule has 0 unspecified atom stereocenters. The highest BCUT2D eigenvalue weighted by Gasteiger charge is 2.26. The van der Waals surface area contributed by atoms with Gasteiger partial charge in [-0.15, -0.1) is 0 Å². The van der Waals surface area contributed by atoms with E-state index in [1.807, 2.05) is 18.2 Å². The topological polar surface area (TPSA) is 102 Å². The molecule has 3 aromatic rings. The summed E-state index contributed by atoms with van der Waals surface area (Å²) in [5.74, 6) is 0.866. The highest BCUT2D eigenvalue weighted by molar-refractivity contribution is 5.97. The maximum Gasteiger partial charge on any atom is 0.349 e. The van der Waals surface area contributed by atoms with Crippen molar-refractivity contribution in [1.82, 2.24) is 9.80 Å². The van der Waals surface area contributed by atoms with E-state index in [2.05, 4.69) is 18.7 Å². The zero-order valence-corrected chi connectivity index (χ0v) is 23.6. The fraction of sp³-hybridized carbons (Fsp3) is 0.367. The summed E-state index contributed by atoms with van der Waals surface area (Å²) in [6, 6.07) is 10.7. The summed E-state index contributed by atoms with van der Waals surface area (Å²) in [5.41, 5.74) is 1.44. The van der Waals surface area contributed by atoms with E-state index in [0.29, 0.717) is 60.0 Å². The Balaban J connectivity index is 1.42. The summed E-state index contributed by atoms with van der Waals surface area (Å²) in [6.45, 7) is 7.08. The van der Waals surface area contributed by atoms with Gasteiger partial charge in [-0.2, -0.15) is 0 Å². The first-order valence-corrected chi connectivity index (χ1v) is 13.2. The maximum atomic E-state index is 13.2. The van der Waals surface area contributed by atoms with E-state index in [1.165, 1.54) is 27.4 Å². The third-order valence-electron chi connectivity index (χ3n) is 7.06. The van der Waals surface area contributed by atoms with Gasteiger partial charge < -0.3 is 33.3 Å². The monoisotopic (exact) mass is 549 g/mol. The first kappa shape index (κ1) is 28.5. The number of anilines is 1. The number of amides is 2. The van der Waals surface area contributed by atoms with Crippen LogP contribution >= 0.6 is 0 Å². The smallest absolute Gasteiger partial charge is 0.349 e. The van der Waals surface area contributed by atoms with Crippen LogP contribution in [0, 0.1) is 0 Å². The first-order chi connectivity index (χ1) is 19.3. The second-order valence-corrected chi connectivity index (χ2v) is 9.25. The standard InChI is InChI=1S/C30H35N3O7/c1-6-31(7-2)22-10-9-21-18-23(30(36)40-24(21)19-22)29(35)33-14-12-32(13-15-33)27(34)11-8-20-16-25(37-3)28(39-5)26(17-20)38-4/h8-11,16-19H,6-7,12-15H2,1-5H3/b11-8+. The second kappa shape index (κ2) is 12.6. The van der Waals surface area contributed by atoms with Gasteiger partial charge in [-0.3, -0.25) is 9.59 Å². The average molecular weight is 550 g/mol. The number of benzene rings is 2. The van der Waals surface area contributed by atoms with Crippen molar-refractivity contribution in [3.8, 4) is 17.2 Å². The van der Waals surface area contributed by atoms with Gasteiger partial charge in [-0.05, 0) is 55.8 Å². The lowest BCUT2D eigenvalue weighted by Gasteiger charge is -2.34. The molecule has 2 amide bonds. The third kappa shape index (κ3) is 5.90. The molecule has 1 aromatic heterocycles. The molecule has 0 bridgehead atoms. The van der Waals surface area contributed by atoms with Crippen LogP contribution in [0.15, 0.2) is 51.7 Å². The van der Waals surface area contributed by atoms with Crippen LogP contribution in [-0.2, 0) is 4.79 Å². The fourth-order valence-electron chi connectivity index (χ4n) is 4.81. The predicted octanol–water partition coefficient (Wildman–Crippen LogP) is 3.66. The van der Waals surface area contributed by atoms with Gasteiger partial charge in [-0.1, -0.05) is 0 Å². The molecular formula is C30H35N3O7. The van der Waals surface area contributed by atoms with Gasteiger partial charge in [0.05, 0.1) is 21.3 Å². The zero-order chi connectivity index (χ0) is 28.8. The minimum absolute atomic E-state index is 0.00911. The number of fused-ring (bicyclic) bond motifs is 1. The van der Waals surface area contributed by atoms with Gasteiger partial charge in [-0.25, -0.2) is 4.79 Å². The van der Waals surface area contributed by atoms with Gasteiger partial charge in [0.2, 0.25) is 11.7 Å². The summed E-state index contributed by atoms with van der Waals surface area (Å²) in [4.78, 5) is 44.2. The fourth-order valence-corrected chi connectivity index (χ4v) is 4.81. The van der Waals surface area contributed by atoms with E-state index < -0.39 is 11.5 Å². The van der Waals surface area contributed by atoms with E-state index in [-0.39, 0.29) is 11.5 Å². The first-order valence-electron chi connectivity index (χ1n) is 13.2. The molecule has 4 rings (SSSR count). The number of carbonyl (C=O) groups excluding carboxylic acids is 2. The highest BCUT2D eigenvalue weighted by atomic mass is 16.5. The van der Waals surface area contributed by atoms with E-state index >= 15 is 0 Å². The molecule has 1 fully saturated rings. The van der Waals surface area contributed by atoms with Crippen LogP contribution in [0.1, 0.15) is 29.8 Å². The lowest BCUT2D eigenvalue weighted by Crippen LogP contribution is -2.50. The number of hydrogen-bond acceptors (Lipinski definition) is 8. The molecule has 2 heterocycles. The molecular weight excluding hydrogens is 514 g/mol. The van der Waals surface area contributed by atoms with E-state index in [1.54, 1.807) is 34.1 Å². The Morgan fingerprint density at radius 2 is 1.52 bits per heavy atom. The van der Waals surface area contributed by atoms with Crippen LogP contribution in [-0.4, -0.2) is 82.2 Å². The molecule has 10 nitrogen and oxygen atoms in total. The largest absolute Gasteiger partial charge is 0.493 e. The van der Waals surface area contributed by atoms with Crippen LogP contribution in [0.25, 0.3) is 17.0 Å². The molecule has 0 atom stereocenters. The van der Waals surface area contributed by atoms with Crippen molar-refractivity contribution in [2.24, 2.45) is 0 Å². The number of carbonyl (C=O) groups is 2. The van der Waals surface area contributed by atoms with Crippen molar-refractivity contribution in [3.05, 3.63) is 64.0 Å². The molecule has 2 aromatic carbocycles. The number of ether oxygens (including phenoxy) is 3. The summed E-state index contributed by atoms with van der Waals surface area (Å²) in [5, 5.41) is 0.685. The van der Waals surface area contributed by atoms with E-state index in [4.69, 9.17) is 18.6 Å². The predicted molar refractivity (Wildman–Crippen MR) is 154 cm³/mol.